The summed E-state index contributed by atoms with van der Waals surface area (Å²) in [5.41, 5.74) is -2.93. The molecule has 0 aliphatic heterocycles. The molecule has 0 aromatic heterocycles. The fourth-order valence-corrected chi connectivity index (χ4v) is 4.09. The highest BCUT2D eigenvalue weighted by Gasteiger charge is 2.49. The van der Waals surface area contributed by atoms with Gasteiger partial charge in [0, 0.05) is 5.41 Å². The molecule has 1 saturated carbocycles. The highest BCUT2D eigenvalue weighted by Crippen LogP contribution is 2.46. The Bertz CT molecular complexity index is 618. The molecular formula is C21H35F3O2Si. The van der Waals surface area contributed by atoms with E-state index in [1.54, 1.807) is 0 Å². The lowest BCUT2D eigenvalue weighted by atomic mass is 9.61. The number of alkyl halides is 3. The predicted molar refractivity (Wildman–Crippen MR) is 107 cm³/mol. The summed E-state index contributed by atoms with van der Waals surface area (Å²) in [6.07, 6.45) is -1.11. The summed E-state index contributed by atoms with van der Waals surface area (Å²) in [5.74, 6) is 4.67. The van der Waals surface area contributed by atoms with Gasteiger partial charge in [-0.05, 0) is 43.0 Å². The normalized spacial score (nSPS) is 27.1. The van der Waals surface area contributed by atoms with Gasteiger partial charge in [0.1, 0.15) is 11.2 Å². The van der Waals surface area contributed by atoms with Crippen molar-refractivity contribution < 1.29 is 22.7 Å². The van der Waals surface area contributed by atoms with Crippen LogP contribution in [-0.2, 0) is 4.43 Å². The van der Waals surface area contributed by atoms with Gasteiger partial charge in [-0.1, -0.05) is 59.8 Å². The molecule has 6 heteroatoms. The van der Waals surface area contributed by atoms with Crippen molar-refractivity contribution in [2.75, 3.05) is 6.61 Å². The van der Waals surface area contributed by atoms with Crippen LogP contribution in [0, 0.1) is 23.2 Å². The van der Waals surface area contributed by atoms with Crippen molar-refractivity contribution in [3.05, 3.63) is 11.6 Å². The van der Waals surface area contributed by atoms with Crippen molar-refractivity contribution >= 4 is 8.32 Å². The van der Waals surface area contributed by atoms with E-state index in [1.165, 1.54) is 0 Å². The molecule has 1 N–H and O–H groups in total. The van der Waals surface area contributed by atoms with Crippen molar-refractivity contribution in [3.63, 3.8) is 0 Å². The van der Waals surface area contributed by atoms with Crippen LogP contribution < -0.4 is 0 Å². The number of rotatable bonds is 3. The van der Waals surface area contributed by atoms with Gasteiger partial charge in [-0.3, -0.25) is 0 Å². The maximum Gasteiger partial charge on any atom is 0.423 e. The van der Waals surface area contributed by atoms with Gasteiger partial charge in [0.2, 0.25) is 0 Å². The van der Waals surface area contributed by atoms with Crippen LogP contribution in [0.5, 0.6) is 0 Å². The molecular weight excluding hydrogens is 369 g/mol. The van der Waals surface area contributed by atoms with E-state index < -0.39 is 31.1 Å². The first-order chi connectivity index (χ1) is 11.9. The molecule has 1 rings (SSSR count). The maximum absolute atomic E-state index is 13.4. The summed E-state index contributed by atoms with van der Waals surface area (Å²) in [4.78, 5) is 0. The predicted octanol–water partition coefficient (Wildman–Crippen LogP) is 6.08. The van der Waals surface area contributed by atoms with Gasteiger partial charge < -0.3 is 9.53 Å². The SMILES string of the molecule is CC1CCCC(C)(C)C1(O)C#C/C(=C\CO[Si](C)(C)C(C)(C)C)C(F)(F)F. The molecule has 1 fully saturated rings. The fourth-order valence-electron chi connectivity index (χ4n) is 3.16. The minimum Gasteiger partial charge on any atom is -0.413 e. The first kappa shape index (κ1) is 24.3. The summed E-state index contributed by atoms with van der Waals surface area (Å²) < 4.78 is 46.2. The molecule has 0 spiro atoms. The molecule has 1 aliphatic rings. The van der Waals surface area contributed by atoms with Crippen molar-refractivity contribution in [3.8, 4) is 11.8 Å². The Kier molecular flexibility index (Phi) is 7.12. The molecule has 156 valence electrons. The highest BCUT2D eigenvalue weighted by molar-refractivity contribution is 6.74. The molecule has 2 nitrogen and oxygen atoms in total. The first-order valence-electron chi connectivity index (χ1n) is 9.61. The number of hydrogen-bond donors (Lipinski definition) is 1. The van der Waals surface area contributed by atoms with Crippen LogP contribution in [0.15, 0.2) is 11.6 Å². The molecule has 0 heterocycles. The van der Waals surface area contributed by atoms with Gasteiger partial charge in [0.25, 0.3) is 0 Å². The van der Waals surface area contributed by atoms with Crippen molar-refractivity contribution in [1.29, 1.82) is 0 Å². The van der Waals surface area contributed by atoms with Crippen molar-refractivity contribution in [2.45, 2.75) is 90.7 Å². The minimum atomic E-state index is -4.57. The third-order valence-corrected chi connectivity index (χ3v) is 10.9. The monoisotopic (exact) mass is 404 g/mol. The summed E-state index contributed by atoms with van der Waals surface area (Å²) in [7, 11) is -2.14. The zero-order chi connectivity index (χ0) is 21.3. The Balaban J connectivity index is 3.13. The van der Waals surface area contributed by atoms with Crippen LogP contribution in [0.3, 0.4) is 0 Å². The average Bonchev–Trinajstić information content (AvgIpc) is 2.45. The Morgan fingerprint density at radius 1 is 1.26 bits per heavy atom. The van der Waals surface area contributed by atoms with Gasteiger partial charge in [0.05, 0.1) is 6.61 Å². The summed E-state index contributed by atoms with van der Waals surface area (Å²) in [6.45, 7) is 15.6. The van der Waals surface area contributed by atoms with Crippen LogP contribution in [0.1, 0.15) is 60.8 Å². The summed E-state index contributed by atoms with van der Waals surface area (Å²) in [5, 5.41) is 11.0. The van der Waals surface area contributed by atoms with Crippen molar-refractivity contribution in [2.24, 2.45) is 11.3 Å². The van der Waals surface area contributed by atoms with Gasteiger partial charge in [-0.15, -0.1) is 0 Å². The van der Waals surface area contributed by atoms with E-state index >= 15 is 0 Å². The number of allylic oxidation sites excluding steroid dienone is 1. The highest BCUT2D eigenvalue weighted by atomic mass is 28.4. The summed E-state index contributed by atoms with van der Waals surface area (Å²) >= 11 is 0. The lowest BCUT2D eigenvalue weighted by Gasteiger charge is -2.47. The van der Waals surface area contributed by atoms with Crippen LogP contribution in [0.25, 0.3) is 0 Å². The van der Waals surface area contributed by atoms with Crippen LogP contribution in [0.2, 0.25) is 18.1 Å². The molecule has 1 aliphatic carbocycles. The van der Waals surface area contributed by atoms with E-state index in [9.17, 15) is 18.3 Å². The van der Waals surface area contributed by atoms with Crippen LogP contribution in [0.4, 0.5) is 13.2 Å². The molecule has 0 bridgehead atoms. The van der Waals surface area contributed by atoms with Gasteiger partial charge in [-0.2, -0.15) is 13.2 Å². The number of halogens is 3. The topological polar surface area (TPSA) is 29.5 Å². The van der Waals surface area contributed by atoms with Gasteiger partial charge in [0.15, 0.2) is 8.32 Å². The molecule has 0 aromatic carbocycles. The van der Waals surface area contributed by atoms with E-state index in [2.05, 4.69) is 11.8 Å². The van der Waals surface area contributed by atoms with E-state index in [0.717, 1.165) is 25.3 Å². The molecule has 2 atom stereocenters. The van der Waals surface area contributed by atoms with E-state index in [0.29, 0.717) is 0 Å². The first-order valence-corrected chi connectivity index (χ1v) is 12.5. The Morgan fingerprint density at radius 3 is 2.26 bits per heavy atom. The lowest BCUT2D eigenvalue weighted by molar-refractivity contribution is -0.0899. The Morgan fingerprint density at radius 2 is 1.81 bits per heavy atom. The van der Waals surface area contributed by atoms with E-state index in [1.807, 2.05) is 54.6 Å². The Labute approximate surface area is 163 Å². The standard InChI is InChI=1S/C21H35F3O2Si/c1-16-10-9-13-19(5,6)20(16,25)14-11-17(21(22,23)24)12-15-26-27(7,8)18(2,3)4/h12,16,25H,9-10,13,15H2,1-8H3/b17-12+. The zero-order valence-electron chi connectivity index (χ0n) is 18.0. The zero-order valence-corrected chi connectivity index (χ0v) is 19.0. The van der Waals surface area contributed by atoms with E-state index in [4.69, 9.17) is 4.43 Å². The molecule has 0 radical (unpaired) electrons. The van der Waals surface area contributed by atoms with Crippen LogP contribution >= 0.6 is 0 Å². The quantitative estimate of drug-likeness (QED) is 0.456. The average molecular weight is 405 g/mol. The number of aliphatic hydroxyl groups is 1. The second kappa shape index (κ2) is 7.92. The third kappa shape index (κ3) is 5.62. The third-order valence-electron chi connectivity index (χ3n) is 6.41. The molecule has 0 aromatic rings. The van der Waals surface area contributed by atoms with Crippen molar-refractivity contribution in [1.82, 2.24) is 0 Å². The maximum atomic E-state index is 13.4. The molecule has 0 saturated heterocycles. The smallest absolute Gasteiger partial charge is 0.413 e. The fraction of sp³-hybridized carbons (Fsp3) is 0.810. The molecule has 27 heavy (non-hydrogen) atoms. The minimum absolute atomic E-state index is 0.0817. The summed E-state index contributed by atoms with van der Waals surface area (Å²) in [6, 6.07) is 0. The van der Waals surface area contributed by atoms with Gasteiger partial charge in [-0.25, -0.2) is 0 Å². The van der Waals surface area contributed by atoms with Crippen LogP contribution in [-0.4, -0.2) is 31.8 Å². The van der Waals surface area contributed by atoms with E-state index in [-0.39, 0.29) is 17.6 Å². The largest absolute Gasteiger partial charge is 0.423 e. The lowest BCUT2D eigenvalue weighted by Crippen LogP contribution is -2.51. The second-order valence-electron chi connectivity index (χ2n) is 9.88. The second-order valence-corrected chi connectivity index (χ2v) is 14.7. The number of hydrogen-bond acceptors (Lipinski definition) is 2. The Hall–Kier alpha value is -0.773. The van der Waals surface area contributed by atoms with Gasteiger partial charge >= 0.3 is 6.18 Å². The molecule has 2 unspecified atom stereocenters. The molecule has 0 amide bonds.